The molecule has 0 unspecified atom stereocenters. The number of carbonyl (C=O) groups is 1. The Kier molecular flexibility index (Phi) is 10.9. The van der Waals surface area contributed by atoms with Crippen LogP contribution in [0.25, 0.3) is 0 Å². The molecule has 1 aromatic heterocycles. The number of aromatic nitrogens is 1. The standard InChI is InChI=1S/C33H43ClN4O3S/c1-5-36(20-15-27-16-21-37(22-17-27)29-13-18-35-19-14-29)33(39)12-11-28-9-7-8-10-31(28)38(6-2)42(40,41)32-24-25(3)30(34)23-26(32)4/h7-10,13-14,18-19,23-24,27H,5-6,11-12,15-17,20-22H2,1-4H3. The number of para-hydroxylation sites is 1. The summed E-state index contributed by atoms with van der Waals surface area (Å²) in [7, 11) is -3.83. The van der Waals surface area contributed by atoms with E-state index in [2.05, 4.69) is 22.0 Å². The lowest BCUT2D eigenvalue weighted by Crippen LogP contribution is -2.37. The molecule has 226 valence electrons. The van der Waals surface area contributed by atoms with Gasteiger partial charge in [0.15, 0.2) is 0 Å². The number of nitrogens with zero attached hydrogens (tertiary/aromatic N) is 4. The molecular weight excluding hydrogens is 568 g/mol. The van der Waals surface area contributed by atoms with Crippen molar-refractivity contribution in [1.29, 1.82) is 0 Å². The van der Waals surface area contributed by atoms with Gasteiger partial charge in [-0.15, -0.1) is 0 Å². The summed E-state index contributed by atoms with van der Waals surface area (Å²) in [5.41, 5.74) is 4.01. The van der Waals surface area contributed by atoms with E-state index in [-0.39, 0.29) is 17.3 Å². The van der Waals surface area contributed by atoms with Crippen molar-refractivity contribution in [3.8, 4) is 0 Å². The summed E-state index contributed by atoms with van der Waals surface area (Å²) in [4.78, 5) is 22.0. The minimum absolute atomic E-state index is 0.108. The third kappa shape index (κ3) is 7.45. The zero-order valence-electron chi connectivity index (χ0n) is 25.2. The van der Waals surface area contributed by atoms with E-state index in [1.54, 1.807) is 19.1 Å². The highest BCUT2D eigenvalue weighted by Gasteiger charge is 2.28. The highest BCUT2D eigenvalue weighted by Crippen LogP contribution is 2.32. The zero-order chi connectivity index (χ0) is 30.3. The third-order valence-electron chi connectivity index (χ3n) is 8.36. The van der Waals surface area contributed by atoms with Gasteiger partial charge in [0.2, 0.25) is 5.91 Å². The predicted octanol–water partition coefficient (Wildman–Crippen LogP) is 6.65. The van der Waals surface area contributed by atoms with E-state index in [0.29, 0.717) is 41.6 Å². The van der Waals surface area contributed by atoms with Gasteiger partial charge in [-0.2, -0.15) is 0 Å². The molecule has 0 aliphatic carbocycles. The largest absolute Gasteiger partial charge is 0.371 e. The first-order chi connectivity index (χ1) is 20.1. The Bertz CT molecular complexity index is 1460. The average molecular weight is 611 g/mol. The van der Waals surface area contributed by atoms with Crippen LogP contribution in [0.5, 0.6) is 0 Å². The molecule has 0 spiro atoms. The number of piperidine rings is 1. The smallest absolute Gasteiger partial charge is 0.264 e. The molecule has 0 saturated carbocycles. The van der Waals surface area contributed by atoms with Crippen molar-refractivity contribution in [2.75, 3.05) is 41.9 Å². The molecule has 0 atom stereocenters. The minimum atomic E-state index is -3.83. The van der Waals surface area contributed by atoms with Crippen molar-refractivity contribution < 1.29 is 13.2 Å². The molecule has 3 aromatic rings. The quantitative estimate of drug-likeness (QED) is 0.229. The average Bonchev–Trinajstić information content (AvgIpc) is 2.99. The molecule has 0 N–H and O–H groups in total. The summed E-state index contributed by atoms with van der Waals surface area (Å²) in [6, 6.07) is 15.0. The second-order valence-corrected chi connectivity index (χ2v) is 13.3. The first-order valence-corrected chi connectivity index (χ1v) is 16.8. The highest BCUT2D eigenvalue weighted by atomic mass is 35.5. The number of halogens is 1. The van der Waals surface area contributed by atoms with Crippen LogP contribution in [0.15, 0.2) is 65.8 Å². The van der Waals surface area contributed by atoms with Crippen LogP contribution in [0.1, 0.15) is 56.2 Å². The lowest BCUT2D eigenvalue weighted by molar-refractivity contribution is -0.131. The predicted molar refractivity (Wildman–Crippen MR) is 172 cm³/mol. The minimum Gasteiger partial charge on any atom is -0.371 e. The molecule has 9 heteroatoms. The molecule has 1 aliphatic rings. The summed E-state index contributed by atoms with van der Waals surface area (Å²) in [6.45, 7) is 11.2. The number of rotatable bonds is 12. The number of hydrogen-bond acceptors (Lipinski definition) is 5. The van der Waals surface area contributed by atoms with Crippen molar-refractivity contribution in [1.82, 2.24) is 9.88 Å². The summed E-state index contributed by atoms with van der Waals surface area (Å²) < 4.78 is 29.1. The van der Waals surface area contributed by atoms with Gasteiger partial charge >= 0.3 is 0 Å². The molecule has 7 nitrogen and oxygen atoms in total. The van der Waals surface area contributed by atoms with Crippen LogP contribution in [-0.2, 0) is 21.2 Å². The van der Waals surface area contributed by atoms with Gasteiger partial charge in [-0.3, -0.25) is 14.1 Å². The maximum atomic E-state index is 13.8. The molecule has 1 saturated heterocycles. The van der Waals surface area contributed by atoms with Gasteiger partial charge in [-0.1, -0.05) is 29.8 Å². The molecule has 2 heterocycles. The molecule has 0 bridgehead atoms. The van der Waals surface area contributed by atoms with E-state index in [1.807, 2.05) is 62.3 Å². The van der Waals surface area contributed by atoms with Crippen molar-refractivity contribution in [3.05, 3.63) is 82.6 Å². The van der Waals surface area contributed by atoms with Gasteiger partial charge in [-0.25, -0.2) is 8.42 Å². The molecule has 1 aliphatic heterocycles. The number of hydrogen-bond donors (Lipinski definition) is 0. The number of benzene rings is 2. The Morgan fingerprint density at radius 1 is 1.00 bits per heavy atom. The summed E-state index contributed by atoms with van der Waals surface area (Å²) in [5.74, 6) is 0.713. The maximum Gasteiger partial charge on any atom is 0.264 e. The molecule has 1 fully saturated rings. The van der Waals surface area contributed by atoms with Crippen molar-refractivity contribution in [2.45, 2.75) is 64.7 Å². The second-order valence-electron chi connectivity index (χ2n) is 11.1. The van der Waals surface area contributed by atoms with Gasteiger partial charge in [0.1, 0.15) is 0 Å². The number of carbonyl (C=O) groups excluding carboxylic acids is 1. The molecule has 0 radical (unpaired) electrons. The van der Waals surface area contributed by atoms with Crippen LogP contribution in [0.3, 0.4) is 0 Å². The van der Waals surface area contributed by atoms with Crippen LogP contribution in [0.2, 0.25) is 5.02 Å². The van der Waals surface area contributed by atoms with Crippen LogP contribution in [-0.4, -0.2) is 56.9 Å². The highest BCUT2D eigenvalue weighted by molar-refractivity contribution is 7.92. The third-order valence-corrected chi connectivity index (χ3v) is 10.8. The fourth-order valence-electron chi connectivity index (χ4n) is 5.82. The Morgan fingerprint density at radius 3 is 2.36 bits per heavy atom. The normalized spacial score (nSPS) is 14.2. The van der Waals surface area contributed by atoms with E-state index in [1.165, 1.54) is 9.99 Å². The van der Waals surface area contributed by atoms with Gasteiger partial charge < -0.3 is 9.80 Å². The lowest BCUT2D eigenvalue weighted by Gasteiger charge is -2.34. The lowest BCUT2D eigenvalue weighted by atomic mass is 9.93. The molecular formula is C33H43ClN4O3S. The second kappa shape index (κ2) is 14.4. The van der Waals surface area contributed by atoms with Crippen LogP contribution in [0.4, 0.5) is 11.4 Å². The number of sulfonamides is 1. The van der Waals surface area contributed by atoms with Crippen LogP contribution in [0, 0.1) is 19.8 Å². The Balaban J connectivity index is 1.38. The van der Waals surface area contributed by atoms with Crippen molar-refractivity contribution >= 4 is 38.9 Å². The van der Waals surface area contributed by atoms with E-state index in [4.69, 9.17) is 11.6 Å². The fourth-order valence-corrected chi connectivity index (χ4v) is 7.84. The fraction of sp³-hybridized carbons (Fsp3) is 0.455. The van der Waals surface area contributed by atoms with Gasteiger partial charge in [0, 0.05) is 62.2 Å². The first kappa shape index (κ1) is 31.8. The number of anilines is 2. The molecule has 42 heavy (non-hydrogen) atoms. The Labute approximate surface area is 256 Å². The number of aryl methyl sites for hydroxylation is 3. The van der Waals surface area contributed by atoms with Gasteiger partial charge in [0.25, 0.3) is 10.0 Å². The zero-order valence-corrected chi connectivity index (χ0v) is 26.8. The monoisotopic (exact) mass is 610 g/mol. The van der Waals surface area contributed by atoms with Gasteiger partial charge in [-0.05, 0) is 106 Å². The van der Waals surface area contributed by atoms with Crippen LogP contribution >= 0.6 is 11.6 Å². The van der Waals surface area contributed by atoms with E-state index in [0.717, 1.165) is 50.0 Å². The molecule has 4 rings (SSSR count). The van der Waals surface area contributed by atoms with E-state index in [9.17, 15) is 13.2 Å². The summed E-state index contributed by atoms with van der Waals surface area (Å²) in [6.07, 6.45) is 7.73. The SMILES string of the molecule is CCN(CCC1CCN(c2ccncc2)CC1)C(=O)CCc1ccccc1N(CC)S(=O)(=O)c1cc(C)c(Cl)cc1C. The van der Waals surface area contributed by atoms with E-state index >= 15 is 0 Å². The van der Waals surface area contributed by atoms with Crippen molar-refractivity contribution in [3.63, 3.8) is 0 Å². The summed E-state index contributed by atoms with van der Waals surface area (Å²) in [5, 5.41) is 0.546. The number of pyridine rings is 1. The van der Waals surface area contributed by atoms with Crippen molar-refractivity contribution in [2.24, 2.45) is 5.92 Å². The van der Waals surface area contributed by atoms with E-state index < -0.39 is 10.0 Å². The van der Waals surface area contributed by atoms with Crippen LogP contribution < -0.4 is 9.21 Å². The topological polar surface area (TPSA) is 73.8 Å². The first-order valence-electron chi connectivity index (χ1n) is 15.0. The maximum absolute atomic E-state index is 13.8. The number of amides is 1. The Hall–Kier alpha value is -3.10. The summed E-state index contributed by atoms with van der Waals surface area (Å²) >= 11 is 6.25. The molecule has 2 aromatic carbocycles. The van der Waals surface area contributed by atoms with Gasteiger partial charge in [0.05, 0.1) is 10.6 Å². The molecule has 1 amide bonds. The Morgan fingerprint density at radius 2 is 1.69 bits per heavy atom.